The molecule has 106 valence electrons. The third-order valence-electron chi connectivity index (χ3n) is 3.78. The minimum absolute atomic E-state index is 1.03. The van der Waals surface area contributed by atoms with E-state index in [-0.39, 0.29) is 0 Å². The lowest BCUT2D eigenvalue weighted by Crippen LogP contribution is -1.84. The maximum absolute atomic E-state index is 4.70. The fraction of sp³-hybridized carbons (Fsp3) is 0. The highest BCUT2D eigenvalue weighted by Gasteiger charge is 2.11. The average Bonchev–Trinajstić information content (AvgIpc) is 2.56. The summed E-state index contributed by atoms with van der Waals surface area (Å²) >= 11 is 6.51. The number of thiol groups is 1. The molecule has 0 fully saturated rings. The number of hydrogen-bond donors (Lipinski definition) is 1. The van der Waals surface area contributed by atoms with E-state index in [1.165, 1.54) is 31.3 Å². The molecule has 22 heavy (non-hydrogen) atoms. The first-order valence-electron chi connectivity index (χ1n) is 7.19. The third-order valence-corrected chi connectivity index (χ3v) is 5.29. The molecule has 0 aliphatic carbocycles. The Morgan fingerprint density at radius 3 is 2.27 bits per heavy atom. The maximum Gasteiger partial charge on any atom is 0.0290 e. The SMILES string of the molecule is Sc1cccc2cc3ccccc3c(Sc3ccccc3)c12. The van der Waals surface area contributed by atoms with Crippen LogP contribution in [0.2, 0.25) is 0 Å². The molecule has 0 aliphatic heterocycles. The van der Waals surface area contributed by atoms with Gasteiger partial charge in [0.25, 0.3) is 0 Å². The monoisotopic (exact) mass is 318 g/mol. The van der Waals surface area contributed by atoms with Crippen LogP contribution in [0.4, 0.5) is 0 Å². The van der Waals surface area contributed by atoms with Gasteiger partial charge in [-0.1, -0.05) is 66.4 Å². The Labute approximate surface area is 139 Å². The van der Waals surface area contributed by atoms with Gasteiger partial charge in [0, 0.05) is 20.1 Å². The van der Waals surface area contributed by atoms with Gasteiger partial charge < -0.3 is 0 Å². The van der Waals surface area contributed by atoms with E-state index in [0.29, 0.717) is 0 Å². The molecule has 0 bridgehead atoms. The Morgan fingerprint density at radius 1 is 0.682 bits per heavy atom. The molecule has 4 aromatic rings. The Morgan fingerprint density at radius 2 is 1.41 bits per heavy atom. The van der Waals surface area contributed by atoms with Crippen LogP contribution in [0.25, 0.3) is 21.5 Å². The molecule has 0 nitrogen and oxygen atoms in total. The average molecular weight is 318 g/mol. The van der Waals surface area contributed by atoms with Crippen molar-refractivity contribution < 1.29 is 0 Å². The normalized spacial score (nSPS) is 11.1. The van der Waals surface area contributed by atoms with E-state index in [1.807, 2.05) is 11.8 Å². The largest absolute Gasteiger partial charge is 0.143 e. The van der Waals surface area contributed by atoms with Gasteiger partial charge in [0.15, 0.2) is 0 Å². The van der Waals surface area contributed by atoms with Gasteiger partial charge in [-0.25, -0.2) is 0 Å². The first kappa shape index (κ1) is 13.7. The smallest absolute Gasteiger partial charge is 0.0290 e. The molecule has 0 aliphatic rings. The van der Waals surface area contributed by atoms with Crippen LogP contribution in [0.1, 0.15) is 0 Å². The molecule has 0 saturated carbocycles. The van der Waals surface area contributed by atoms with Crippen LogP contribution in [0.3, 0.4) is 0 Å². The van der Waals surface area contributed by atoms with E-state index in [9.17, 15) is 0 Å². The summed E-state index contributed by atoms with van der Waals surface area (Å²) in [5.41, 5.74) is 0. The van der Waals surface area contributed by atoms with E-state index in [0.717, 1.165) is 4.90 Å². The van der Waals surface area contributed by atoms with E-state index in [2.05, 4.69) is 78.9 Å². The summed E-state index contributed by atoms with van der Waals surface area (Å²) in [7, 11) is 0. The lowest BCUT2D eigenvalue weighted by atomic mass is 10.0. The molecule has 0 unspecified atom stereocenters. The lowest BCUT2D eigenvalue weighted by Gasteiger charge is -2.13. The Hall–Kier alpha value is -1.90. The highest BCUT2D eigenvalue weighted by atomic mass is 32.2. The molecule has 0 atom stereocenters. The van der Waals surface area contributed by atoms with Gasteiger partial charge in [0.2, 0.25) is 0 Å². The highest BCUT2D eigenvalue weighted by molar-refractivity contribution is 7.99. The summed E-state index contributed by atoms with van der Waals surface area (Å²) in [5.74, 6) is 0. The van der Waals surface area contributed by atoms with Crippen LogP contribution in [-0.4, -0.2) is 0 Å². The van der Waals surface area contributed by atoms with Crippen LogP contribution >= 0.6 is 24.4 Å². The van der Waals surface area contributed by atoms with E-state index >= 15 is 0 Å². The summed E-state index contributed by atoms with van der Waals surface area (Å²) in [4.78, 5) is 3.56. The predicted molar refractivity (Wildman–Crippen MR) is 99.3 cm³/mol. The topological polar surface area (TPSA) is 0 Å². The molecular weight excluding hydrogens is 304 g/mol. The maximum atomic E-state index is 4.70. The fourth-order valence-corrected chi connectivity index (χ4v) is 4.33. The zero-order valence-electron chi connectivity index (χ0n) is 11.9. The third kappa shape index (κ3) is 2.39. The minimum Gasteiger partial charge on any atom is -0.143 e. The summed E-state index contributed by atoms with van der Waals surface area (Å²) in [6.07, 6.45) is 0. The highest BCUT2D eigenvalue weighted by Crippen LogP contribution is 2.41. The molecule has 4 aromatic carbocycles. The van der Waals surface area contributed by atoms with Gasteiger partial charge in [-0.3, -0.25) is 0 Å². The number of fused-ring (bicyclic) bond motifs is 2. The van der Waals surface area contributed by atoms with Crippen molar-refractivity contribution in [3.63, 3.8) is 0 Å². The van der Waals surface area contributed by atoms with Crippen molar-refractivity contribution in [2.75, 3.05) is 0 Å². The zero-order valence-corrected chi connectivity index (χ0v) is 13.6. The van der Waals surface area contributed by atoms with Gasteiger partial charge in [-0.15, -0.1) is 12.6 Å². The molecular formula is C20H14S2. The molecule has 0 N–H and O–H groups in total. The Bertz CT molecular complexity index is 959. The van der Waals surface area contributed by atoms with Gasteiger partial charge in [0.1, 0.15) is 0 Å². The lowest BCUT2D eigenvalue weighted by molar-refractivity contribution is 1.44. The van der Waals surface area contributed by atoms with Crippen molar-refractivity contribution in [2.45, 2.75) is 14.7 Å². The van der Waals surface area contributed by atoms with Crippen LogP contribution in [0, 0.1) is 0 Å². The van der Waals surface area contributed by atoms with Gasteiger partial charge >= 0.3 is 0 Å². The van der Waals surface area contributed by atoms with Crippen LogP contribution in [0.5, 0.6) is 0 Å². The van der Waals surface area contributed by atoms with Crippen LogP contribution in [-0.2, 0) is 0 Å². The summed E-state index contributed by atoms with van der Waals surface area (Å²) < 4.78 is 0. The van der Waals surface area contributed by atoms with Gasteiger partial charge in [-0.2, -0.15) is 0 Å². The van der Waals surface area contributed by atoms with Gasteiger partial charge in [0.05, 0.1) is 0 Å². The number of rotatable bonds is 2. The number of benzene rings is 4. The zero-order chi connectivity index (χ0) is 14.9. The second kappa shape index (κ2) is 5.71. The second-order valence-corrected chi connectivity index (χ2v) is 6.78. The van der Waals surface area contributed by atoms with Crippen molar-refractivity contribution >= 4 is 45.9 Å². The fourth-order valence-electron chi connectivity index (χ4n) is 2.77. The molecule has 0 heterocycles. The van der Waals surface area contributed by atoms with E-state index in [1.54, 1.807) is 0 Å². The first-order valence-corrected chi connectivity index (χ1v) is 8.45. The van der Waals surface area contributed by atoms with Gasteiger partial charge in [-0.05, 0) is 40.4 Å². The summed E-state index contributed by atoms with van der Waals surface area (Å²) in [6, 6.07) is 27.6. The summed E-state index contributed by atoms with van der Waals surface area (Å²) in [5, 5.41) is 5.03. The quantitative estimate of drug-likeness (QED) is 0.328. The Balaban J connectivity index is 2.07. The molecule has 4 rings (SSSR count). The number of hydrogen-bond acceptors (Lipinski definition) is 2. The molecule has 0 spiro atoms. The molecule has 2 heteroatoms. The van der Waals surface area contributed by atoms with Crippen LogP contribution in [0.15, 0.2) is 93.5 Å². The molecule has 0 saturated heterocycles. The second-order valence-electron chi connectivity index (χ2n) is 5.22. The molecule has 0 aromatic heterocycles. The predicted octanol–water partition coefficient (Wildman–Crippen LogP) is 6.43. The van der Waals surface area contributed by atoms with E-state index in [4.69, 9.17) is 12.6 Å². The van der Waals surface area contributed by atoms with Crippen molar-refractivity contribution in [1.82, 2.24) is 0 Å². The van der Waals surface area contributed by atoms with Crippen molar-refractivity contribution in [1.29, 1.82) is 0 Å². The first-order chi connectivity index (χ1) is 10.8. The molecule has 0 radical (unpaired) electrons. The standard InChI is InChI=1S/C20H14S2/c21-18-12-6-8-15-13-14-7-4-5-11-17(14)20(19(15)18)22-16-9-2-1-3-10-16/h1-13,21H. The van der Waals surface area contributed by atoms with Crippen LogP contribution < -0.4 is 0 Å². The summed E-state index contributed by atoms with van der Waals surface area (Å²) in [6.45, 7) is 0. The Kier molecular flexibility index (Phi) is 3.57. The van der Waals surface area contributed by atoms with E-state index < -0.39 is 0 Å². The van der Waals surface area contributed by atoms with Crippen molar-refractivity contribution in [3.05, 3.63) is 78.9 Å². The van der Waals surface area contributed by atoms with Crippen molar-refractivity contribution in [3.8, 4) is 0 Å². The molecule has 0 amide bonds. The minimum atomic E-state index is 1.03. The van der Waals surface area contributed by atoms with Crippen molar-refractivity contribution in [2.24, 2.45) is 0 Å².